The van der Waals surface area contributed by atoms with E-state index in [1.54, 1.807) is 11.1 Å². The summed E-state index contributed by atoms with van der Waals surface area (Å²) in [6.45, 7) is 0.495. The van der Waals surface area contributed by atoms with Gasteiger partial charge in [-0.05, 0) is 62.2 Å². The zero-order chi connectivity index (χ0) is 20.3. The van der Waals surface area contributed by atoms with Crippen molar-refractivity contribution in [2.45, 2.75) is 50.6 Å². The Bertz CT molecular complexity index is 879. The maximum atomic E-state index is 12.3. The van der Waals surface area contributed by atoms with Crippen LogP contribution in [0.4, 0.5) is 9.93 Å². The third-order valence-corrected chi connectivity index (χ3v) is 8.72. The Morgan fingerprint density at radius 2 is 2.07 bits per heavy atom. The fourth-order valence-electron chi connectivity index (χ4n) is 7.15. The third-order valence-electron chi connectivity index (χ3n) is 7.89. The van der Waals surface area contributed by atoms with Gasteiger partial charge in [0.2, 0.25) is 5.91 Å². The summed E-state index contributed by atoms with van der Waals surface area (Å²) in [6.07, 6.45) is 6.04. The normalized spacial score (nSPS) is 40.0. The summed E-state index contributed by atoms with van der Waals surface area (Å²) < 4.78 is 0. The van der Waals surface area contributed by atoms with Gasteiger partial charge in [0.25, 0.3) is 0 Å². The average Bonchev–Trinajstić information content (AvgIpc) is 3.28. The Labute approximate surface area is 173 Å². The molecule has 5 aliphatic rings. The molecule has 4 aliphatic carbocycles. The molecule has 154 valence electrons. The van der Waals surface area contributed by atoms with Gasteiger partial charge in [-0.2, -0.15) is 5.26 Å². The highest BCUT2D eigenvalue weighted by atomic mass is 32.1. The zero-order valence-electron chi connectivity index (χ0n) is 16.1. The molecule has 4 saturated carbocycles. The van der Waals surface area contributed by atoms with Crippen LogP contribution in [0.1, 0.15) is 43.4 Å². The van der Waals surface area contributed by atoms with Crippen LogP contribution in [0.15, 0.2) is 6.20 Å². The first-order chi connectivity index (χ1) is 13.9. The van der Waals surface area contributed by atoms with Crippen molar-refractivity contribution in [3.05, 3.63) is 11.1 Å². The fourth-order valence-corrected chi connectivity index (χ4v) is 7.82. The summed E-state index contributed by atoms with van der Waals surface area (Å²) in [5.41, 5.74) is 5.45. The number of nitrogens with zero attached hydrogens (tertiary/aromatic N) is 3. The van der Waals surface area contributed by atoms with Crippen LogP contribution in [0.3, 0.4) is 0 Å². The quantitative estimate of drug-likeness (QED) is 0.692. The maximum absolute atomic E-state index is 12.3. The molecule has 3 unspecified atom stereocenters. The number of carbonyl (C=O) groups excluding carboxylic acids is 1. The molecule has 1 aromatic rings. The van der Waals surface area contributed by atoms with Gasteiger partial charge in [-0.1, -0.05) is 11.3 Å². The smallest absolute Gasteiger partial charge is 0.407 e. The Morgan fingerprint density at radius 1 is 1.34 bits per heavy atom. The third kappa shape index (κ3) is 2.88. The Hall–Kier alpha value is -2.34. The highest BCUT2D eigenvalue weighted by Crippen LogP contribution is 2.63. The van der Waals surface area contributed by atoms with Gasteiger partial charge < -0.3 is 21.1 Å². The number of nitrogens with two attached hydrogens (primary N) is 1. The van der Waals surface area contributed by atoms with Crippen LogP contribution in [-0.4, -0.2) is 45.6 Å². The van der Waals surface area contributed by atoms with E-state index in [9.17, 15) is 14.7 Å². The molecule has 0 radical (unpaired) electrons. The van der Waals surface area contributed by atoms with Gasteiger partial charge in [0, 0.05) is 12.0 Å². The molecule has 4 N–H and O–H groups in total. The molecule has 2 amide bonds. The lowest BCUT2D eigenvalue weighted by atomic mass is 9.44. The number of nitriles is 1. The molecule has 0 aromatic carbocycles. The van der Waals surface area contributed by atoms with Gasteiger partial charge >= 0.3 is 6.09 Å². The second-order valence-electron chi connectivity index (χ2n) is 9.34. The molecule has 0 spiro atoms. The number of amides is 2. The number of thiazole rings is 1. The topological polar surface area (TPSA) is 132 Å². The van der Waals surface area contributed by atoms with Crippen molar-refractivity contribution in [2.24, 2.45) is 34.8 Å². The van der Waals surface area contributed by atoms with Gasteiger partial charge in [0.05, 0.1) is 18.3 Å². The number of hydrogen-bond donors (Lipinski definition) is 3. The van der Waals surface area contributed by atoms with E-state index in [4.69, 9.17) is 11.0 Å². The molecule has 1 aliphatic heterocycles. The SMILES string of the molecule is N#Cc1cnc(N[C@@H]2CCN(C(=O)O)C2C2C3CC4CC2CC(C(N)=O)(C4)C3)s1. The molecule has 5 fully saturated rings. The minimum Gasteiger partial charge on any atom is -0.465 e. The van der Waals surface area contributed by atoms with Crippen molar-refractivity contribution < 1.29 is 14.7 Å². The van der Waals surface area contributed by atoms with E-state index >= 15 is 0 Å². The van der Waals surface area contributed by atoms with Gasteiger partial charge in [-0.15, -0.1) is 0 Å². The van der Waals surface area contributed by atoms with Crippen LogP contribution in [0.5, 0.6) is 0 Å². The molecule has 2 heterocycles. The first kappa shape index (κ1) is 18.7. The van der Waals surface area contributed by atoms with E-state index in [2.05, 4.69) is 16.4 Å². The van der Waals surface area contributed by atoms with E-state index in [1.807, 2.05) is 0 Å². The number of hydrogen-bond acceptors (Lipinski definition) is 6. The summed E-state index contributed by atoms with van der Waals surface area (Å²) in [6, 6.07) is 1.93. The van der Waals surface area contributed by atoms with E-state index in [1.165, 1.54) is 11.3 Å². The number of anilines is 1. The van der Waals surface area contributed by atoms with Crippen LogP contribution in [-0.2, 0) is 4.79 Å². The number of primary amides is 1. The summed E-state index contributed by atoms with van der Waals surface area (Å²) in [4.78, 5) is 30.7. The minimum absolute atomic E-state index is 0.0316. The van der Waals surface area contributed by atoms with E-state index in [0.717, 1.165) is 38.5 Å². The predicted molar refractivity (Wildman–Crippen MR) is 106 cm³/mol. The first-order valence-corrected chi connectivity index (χ1v) is 11.1. The van der Waals surface area contributed by atoms with Crippen LogP contribution in [0.2, 0.25) is 0 Å². The van der Waals surface area contributed by atoms with Crippen molar-refractivity contribution in [2.75, 3.05) is 11.9 Å². The molecule has 1 saturated heterocycles. The number of carbonyl (C=O) groups is 2. The highest BCUT2D eigenvalue weighted by molar-refractivity contribution is 7.16. The lowest BCUT2D eigenvalue weighted by Crippen LogP contribution is -2.61. The lowest BCUT2D eigenvalue weighted by Gasteiger charge is -2.61. The first-order valence-electron chi connectivity index (χ1n) is 10.3. The van der Waals surface area contributed by atoms with E-state index < -0.39 is 6.09 Å². The number of likely N-dealkylation sites (tertiary alicyclic amines) is 1. The van der Waals surface area contributed by atoms with Crippen molar-refractivity contribution in [1.29, 1.82) is 5.26 Å². The molecule has 8 nitrogen and oxygen atoms in total. The minimum atomic E-state index is -0.880. The Kier molecular flexibility index (Phi) is 4.24. The van der Waals surface area contributed by atoms with Gasteiger partial charge in [0.15, 0.2) is 5.13 Å². The standard InChI is InChI=1S/C20H25N5O3S/c21-8-13-9-23-18(29-13)24-14-1-2-25(19(27)28)16(14)15-11-3-10-4-12(15)7-20(5-10,6-11)17(22)26/h9-12,14-16H,1-7H2,(H2,22,26)(H,23,24)(H,27,28)/t10?,11?,12?,14-,15?,16?,20?/m1/s1. The Balaban J connectivity index is 1.44. The summed E-state index contributed by atoms with van der Waals surface area (Å²) in [7, 11) is 0. The summed E-state index contributed by atoms with van der Waals surface area (Å²) in [5.74, 6) is 1.30. The molecular weight excluding hydrogens is 390 g/mol. The lowest BCUT2D eigenvalue weighted by molar-refractivity contribution is -0.154. The largest absolute Gasteiger partial charge is 0.465 e. The van der Waals surface area contributed by atoms with E-state index in [-0.39, 0.29) is 29.3 Å². The second kappa shape index (κ2) is 6.59. The van der Waals surface area contributed by atoms with Crippen molar-refractivity contribution in [1.82, 2.24) is 9.88 Å². The maximum Gasteiger partial charge on any atom is 0.407 e. The van der Waals surface area contributed by atoms with E-state index in [0.29, 0.717) is 34.3 Å². The van der Waals surface area contributed by atoms with Crippen molar-refractivity contribution in [3.63, 3.8) is 0 Å². The predicted octanol–water partition coefficient (Wildman–Crippen LogP) is 2.48. The monoisotopic (exact) mass is 415 g/mol. The van der Waals surface area contributed by atoms with Crippen molar-refractivity contribution in [3.8, 4) is 6.07 Å². The number of carboxylic acid groups (broad SMARTS) is 1. The molecule has 4 atom stereocenters. The second-order valence-corrected chi connectivity index (χ2v) is 10.4. The Morgan fingerprint density at radius 3 is 2.66 bits per heavy atom. The summed E-state index contributed by atoms with van der Waals surface area (Å²) >= 11 is 1.30. The van der Waals surface area contributed by atoms with Crippen LogP contribution in [0, 0.1) is 40.4 Å². The van der Waals surface area contributed by atoms with Crippen LogP contribution < -0.4 is 11.1 Å². The molecule has 29 heavy (non-hydrogen) atoms. The number of rotatable bonds is 4. The zero-order valence-corrected chi connectivity index (χ0v) is 16.9. The molecule has 6 rings (SSSR count). The van der Waals surface area contributed by atoms with Gasteiger partial charge in [-0.3, -0.25) is 4.79 Å². The fraction of sp³-hybridized carbons (Fsp3) is 0.700. The summed E-state index contributed by atoms with van der Waals surface area (Å²) in [5, 5.41) is 23.0. The molecule has 1 aromatic heterocycles. The van der Waals surface area contributed by atoms with Gasteiger partial charge in [0.1, 0.15) is 10.9 Å². The van der Waals surface area contributed by atoms with Gasteiger partial charge in [-0.25, -0.2) is 9.78 Å². The number of nitrogens with one attached hydrogen (secondary N) is 1. The molecular formula is C20H25N5O3S. The number of aromatic nitrogens is 1. The van der Waals surface area contributed by atoms with Crippen LogP contribution >= 0.6 is 11.3 Å². The van der Waals surface area contributed by atoms with Crippen LogP contribution in [0.25, 0.3) is 0 Å². The average molecular weight is 416 g/mol. The van der Waals surface area contributed by atoms with Crippen molar-refractivity contribution >= 4 is 28.5 Å². The molecule has 4 bridgehead atoms. The highest BCUT2D eigenvalue weighted by Gasteiger charge is 2.61. The molecule has 9 heteroatoms.